The van der Waals surface area contributed by atoms with E-state index in [-0.39, 0.29) is 11.9 Å². The smallest absolute Gasteiger partial charge is 0.240 e. The van der Waals surface area contributed by atoms with E-state index in [1.165, 1.54) is 5.56 Å². The molecule has 1 aromatic carbocycles. The van der Waals surface area contributed by atoms with Gasteiger partial charge >= 0.3 is 0 Å². The average Bonchev–Trinajstić information content (AvgIpc) is 3.17. The van der Waals surface area contributed by atoms with Gasteiger partial charge in [0.2, 0.25) is 5.91 Å². The van der Waals surface area contributed by atoms with Crippen molar-refractivity contribution < 1.29 is 13.2 Å². The van der Waals surface area contributed by atoms with Gasteiger partial charge in [-0.3, -0.25) is 4.79 Å². The van der Waals surface area contributed by atoms with Crippen LogP contribution in [0.25, 0.3) is 0 Å². The van der Waals surface area contributed by atoms with Gasteiger partial charge in [0.25, 0.3) is 0 Å². The van der Waals surface area contributed by atoms with E-state index in [4.69, 9.17) is 5.73 Å². The summed E-state index contributed by atoms with van der Waals surface area (Å²) in [6, 6.07) is 8.41. The third-order valence-corrected chi connectivity index (χ3v) is 9.82. The number of amides is 1. The summed E-state index contributed by atoms with van der Waals surface area (Å²) >= 11 is 0. The predicted molar refractivity (Wildman–Crippen MR) is 123 cm³/mol. The van der Waals surface area contributed by atoms with Crippen LogP contribution in [-0.2, 0) is 21.1 Å². The van der Waals surface area contributed by atoms with Crippen molar-refractivity contribution in [3.8, 4) is 0 Å². The summed E-state index contributed by atoms with van der Waals surface area (Å²) in [4.78, 5) is 13.7. The number of hydrogen-bond donors (Lipinski definition) is 1. The topological polar surface area (TPSA) is 80.5 Å². The lowest BCUT2D eigenvalue weighted by Gasteiger charge is -2.30. The minimum absolute atomic E-state index is 0.173. The fourth-order valence-electron chi connectivity index (χ4n) is 4.84. The van der Waals surface area contributed by atoms with E-state index < -0.39 is 14.6 Å². The molecule has 0 unspecified atom stereocenters. The van der Waals surface area contributed by atoms with Crippen molar-refractivity contribution in [2.24, 2.45) is 17.6 Å². The lowest BCUT2D eigenvalue weighted by molar-refractivity contribution is -0.119. The van der Waals surface area contributed by atoms with Crippen molar-refractivity contribution in [1.82, 2.24) is 0 Å². The lowest BCUT2D eigenvalue weighted by Crippen LogP contribution is -2.40. The van der Waals surface area contributed by atoms with Crippen molar-refractivity contribution in [3.63, 3.8) is 0 Å². The van der Waals surface area contributed by atoms with Crippen molar-refractivity contribution >= 4 is 21.4 Å². The highest BCUT2D eigenvalue weighted by atomic mass is 32.2. The average molecular weight is 435 g/mol. The number of nitrogens with two attached hydrogens (primary N) is 1. The number of rotatable bonds is 7. The molecule has 3 rings (SSSR count). The summed E-state index contributed by atoms with van der Waals surface area (Å²) in [5.41, 5.74) is 7.95. The third-order valence-electron chi connectivity index (χ3n) is 7.04. The number of aryl methyl sites for hydroxylation is 1. The number of primary amides is 1. The molecule has 1 saturated carbocycles. The number of nitrogens with zero attached hydrogens (tertiary/aromatic N) is 1. The molecule has 0 bridgehead atoms. The molecule has 0 spiro atoms. The van der Waals surface area contributed by atoms with Crippen molar-refractivity contribution in [3.05, 3.63) is 29.8 Å². The second-order valence-electron chi connectivity index (χ2n) is 10.2. The van der Waals surface area contributed by atoms with Gasteiger partial charge in [0, 0.05) is 12.2 Å². The van der Waals surface area contributed by atoms with Gasteiger partial charge in [-0.2, -0.15) is 0 Å². The number of hydrogen-bond acceptors (Lipinski definition) is 4. The maximum atomic E-state index is 12.5. The Labute approximate surface area is 182 Å². The molecule has 6 heteroatoms. The van der Waals surface area contributed by atoms with Crippen LogP contribution in [0.1, 0.15) is 71.3 Å². The lowest BCUT2D eigenvalue weighted by atomic mass is 9.80. The molecule has 1 amide bonds. The molecule has 5 nitrogen and oxygen atoms in total. The van der Waals surface area contributed by atoms with E-state index in [0.717, 1.165) is 63.6 Å². The maximum Gasteiger partial charge on any atom is 0.240 e. The standard InChI is InChI=1S/C24H38N2O3S/c1-24(2,3)30(28,29)17-20-10-8-18(9-11-20)6-7-19-12-14-21(15-13-19)26-16-4-5-22(26)23(25)27/h12-15,18,20,22H,4-11,16-17H2,1-3H3,(H2,25,27)/t18?,20?,22-/m0/s1. The molecule has 30 heavy (non-hydrogen) atoms. The Balaban J connectivity index is 1.45. The highest BCUT2D eigenvalue weighted by Gasteiger charge is 2.33. The molecule has 1 heterocycles. The first-order valence-electron chi connectivity index (χ1n) is 11.4. The summed E-state index contributed by atoms with van der Waals surface area (Å²) in [6.07, 6.45) is 8.39. The van der Waals surface area contributed by atoms with Gasteiger partial charge in [-0.05, 0) is 88.8 Å². The second-order valence-corrected chi connectivity index (χ2v) is 13.0. The molecule has 1 saturated heterocycles. The molecule has 1 aliphatic heterocycles. The zero-order chi connectivity index (χ0) is 21.9. The van der Waals surface area contributed by atoms with Crippen LogP contribution in [0.4, 0.5) is 5.69 Å². The molecule has 168 valence electrons. The molecule has 1 atom stereocenters. The van der Waals surface area contributed by atoms with Crippen LogP contribution in [0.2, 0.25) is 0 Å². The molecule has 2 N–H and O–H groups in total. The SMILES string of the molecule is CC(C)(C)S(=O)(=O)CC1CCC(CCc2ccc(N3CCC[C@H]3C(N)=O)cc2)CC1. The summed E-state index contributed by atoms with van der Waals surface area (Å²) in [5, 5.41) is 0. The monoisotopic (exact) mass is 434 g/mol. The van der Waals surface area contributed by atoms with Crippen LogP contribution in [0.3, 0.4) is 0 Å². The Kier molecular flexibility index (Phi) is 7.16. The third kappa shape index (κ3) is 5.57. The van der Waals surface area contributed by atoms with Crippen LogP contribution in [0.5, 0.6) is 0 Å². The molecule has 0 aromatic heterocycles. The fraction of sp³-hybridized carbons (Fsp3) is 0.708. The predicted octanol–water partition coefficient (Wildman–Crippen LogP) is 4.09. The number of carbonyl (C=O) groups is 1. The Morgan fingerprint density at radius 2 is 1.63 bits per heavy atom. The summed E-state index contributed by atoms with van der Waals surface area (Å²) in [6.45, 7) is 6.30. The first kappa shape index (κ1) is 23.1. The quantitative estimate of drug-likeness (QED) is 0.701. The van der Waals surface area contributed by atoms with E-state index in [1.807, 2.05) is 0 Å². The van der Waals surface area contributed by atoms with Gasteiger partial charge < -0.3 is 10.6 Å². The van der Waals surface area contributed by atoms with Crippen LogP contribution < -0.4 is 10.6 Å². The zero-order valence-corrected chi connectivity index (χ0v) is 19.6. The molecule has 0 radical (unpaired) electrons. The second kappa shape index (κ2) is 9.29. The Bertz CT molecular complexity index is 819. The minimum atomic E-state index is -3.02. The summed E-state index contributed by atoms with van der Waals surface area (Å²) in [7, 11) is -3.02. The Morgan fingerprint density at radius 3 is 2.20 bits per heavy atom. The molecule has 1 aromatic rings. The van der Waals surface area contributed by atoms with Gasteiger partial charge in [-0.25, -0.2) is 8.42 Å². The van der Waals surface area contributed by atoms with E-state index in [2.05, 4.69) is 29.2 Å². The van der Waals surface area contributed by atoms with E-state index in [9.17, 15) is 13.2 Å². The normalized spacial score (nSPS) is 25.4. The first-order chi connectivity index (χ1) is 14.1. The summed E-state index contributed by atoms with van der Waals surface area (Å²) in [5.74, 6) is 1.12. The highest BCUT2D eigenvalue weighted by molar-refractivity contribution is 7.92. The fourth-order valence-corrected chi connectivity index (χ4v) is 6.30. The van der Waals surface area contributed by atoms with Crippen LogP contribution in [0.15, 0.2) is 24.3 Å². The molecule has 2 aliphatic rings. The molecule has 1 aliphatic carbocycles. The summed E-state index contributed by atoms with van der Waals surface area (Å²) < 4.78 is 24.3. The maximum absolute atomic E-state index is 12.5. The van der Waals surface area contributed by atoms with Crippen LogP contribution in [0, 0.1) is 11.8 Å². The van der Waals surface area contributed by atoms with Crippen molar-refractivity contribution in [1.29, 1.82) is 0 Å². The van der Waals surface area contributed by atoms with Crippen LogP contribution >= 0.6 is 0 Å². The molecular weight excluding hydrogens is 396 g/mol. The number of carbonyl (C=O) groups excluding carboxylic acids is 1. The van der Waals surface area contributed by atoms with E-state index in [0.29, 0.717) is 17.6 Å². The van der Waals surface area contributed by atoms with Gasteiger partial charge in [-0.15, -0.1) is 0 Å². The zero-order valence-electron chi connectivity index (χ0n) is 18.8. The van der Waals surface area contributed by atoms with Gasteiger partial charge in [0.15, 0.2) is 9.84 Å². The number of sulfone groups is 1. The van der Waals surface area contributed by atoms with E-state index in [1.54, 1.807) is 20.8 Å². The van der Waals surface area contributed by atoms with Crippen LogP contribution in [-0.4, -0.2) is 37.4 Å². The molecule has 2 fully saturated rings. The van der Waals surface area contributed by atoms with E-state index >= 15 is 0 Å². The van der Waals surface area contributed by atoms with Gasteiger partial charge in [0.05, 0.1) is 10.5 Å². The van der Waals surface area contributed by atoms with Crippen molar-refractivity contribution in [2.45, 2.75) is 82.9 Å². The molecular formula is C24H38N2O3S. The largest absolute Gasteiger partial charge is 0.368 e. The highest BCUT2D eigenvalue weighted by Crippen LogP contribution is 2.34. The Morgan fingerprint density at radius 1 is 1.03 bits per heavy atom. The first-order valence-corrected chi connectivity index (χ1v) is 13.1. The number of anilines is 1. The van der Waals surface area contributed by atoms with Crippen molar-refractivity contribution in [2.75, 3.05) is 17.2 Å². The number of benzene rings is 1. The Hall–Kier alpha value is -1.56. The van der Waals surface area contributed by atoms with Gasteiger partial charge in [0.1, 0.15) is 6.04 Å². The minimum Gasteiger partial charge on any atom is -0.368 e. The van der Waals surface area contributed by atoms with Gasteiger partial charge in [-0.1, -0.05) is 25.0 Å².